The Bertz CT molecular complexity index is 981. The van der Waals surface area contributed by atoms with E-state index < -0.39 is 10.0 Å². The molecule has 7 nitrogen and oxygen atoms in total. The van der Waals surface area contributed by atoms with Crippen LogP contribution in [0.3, 0.4) is 0 Å². The van der Waals surface area contributed by atoms with Gasteiger partial charge in [-0.3, -0.25) is 9.52 Å². The first-order chi connectivity index (χ1) is 13.3. The zero-order valence-electron chi connectivity index (χ0n) is 16.4. The molecule has 0 spiro atoms. The van der Waals surface area contributed by atoms with E-state index in [1.165, 1.54) is 4.57 Å². The van der Waals surface area contributed by atoms with Crippen LogP contribution in [0.2, 0.25) is 0 Å². The third-order valence-corrected chi connectivity index (χ3v) is 6.03. The minimum Gasteiger partial charge on any atom is -0.487 e. The minimum atomic E-state index is -3.40. The van der Waals surface area contributed by atoms with Crippen molar-refractivity contribution in [3.05, 3.63) is 46.4 Å². The maximum Gasteiger partial charge on any atom is 0.253 e. The Morgan fingerprint density at radius 1 is 1.32 bits per heavy atom. The van der Waals surface area contributed by atoms with Gasteiger partial charge in [-0.15, -0.1) is 0 Å². The SMILES string of the molecule is CCS(=O)(=O)Nc1ccc(OC2CCCOC2)c(-c2cc(C)c(=O)n(C)c2)c1. The van der Waals surface area contributed by atoms with E-state index >= 15 is 0 Å². The molecule has 0 bridgehead atoms. The number of aryl methyl sites for hydroxylation is 2. The van der Waals surface area contributed by atoms with Crippen LogP contribution < -0.4 is 15.0 Å². The van der Waals surface area contributed by atoms with Gasteiger partial charge in [-0.2, -0.15) is 0 Å². The van der Waals surface area contributed by atoms with Crippen molar-refractivity contribution in [1.82, 2.24) is 4.57 Å². The molecule has 1 fully saturated rings. The van der Waals surface area contributed by atoms with E-state index in [0.717, 1.165) is 30.6 Å². The Hall–Kier alpha value is -2.32. The molecular weight excluding hydrogens is 380 g/mol. The first kappa shape index (κ1) is 20.4. The number of nitrogens with one attached hydrogen (secondary N) is 1. The number of benzene rings is 1. The molecule has 0 saturated carbocycles. The van der Waals surface area contributed by atoms with Gasteiger partial charge in [0.15, 0.2) is 0 Å². The Kier molecular flexibility index (Phi) is 6.10. The summed E-state index contributed by atoms with van der Waals surface area (Å²) < 4.78 is 39.7. The number of pyridine rings is 1. The molecule has 2 heterocycles. The Balaban J connectivity index is 2.05. The summed E-state index contributed by atoms with van der Waals surface area (Å²) in [5.41, 5.74) is 2.49. The van der Waals surface area contributed by atoms with Gasteiger partial charge in [0.25, 0.3) is 5.56 Å². The number of hydrogen-bond acceptors (Lipinski definition) is 5. The molecule has 1 atom stereocenters. The van der Waals surface area contributed by atoms with Crippen molar-refractivity contribution in [3.8, 4) is 16.9 Å². The Labute approximate surface area is 165 Å². The van der Waals surface area contributed by atoms with Crippen LogP contribution >= 0.6 is 0 Å². The molecule has 152 valence electrons. The monoisotopic (exact) mass is 406 g/mol. The van der Waals surface area contributed by atoms with Crippen molar-refractivity contribution in [1.29, 1.82) is 0 Å². The fourth-order valence-corrected chi connectivity index (χ4v) is 3.81. The molecule has 8 heteroatoms. The second-order valence-electron chi connectivity index (χ2n) is 7.00. The van der Waals surface area contributed by atoms with Crippen LogP contribution in [0.15, 0.2) is 35.3 Å². The molecule has 0 amide bonds. The van der Waals surface area contributed by atoms with Crippen LogP contribution in [0, 0.1) is 6.92 Å². The topological polar surface area (TPSA) is 86.6 Å². The first-order valence-electron chi connectivity index (χ1n) is 9.35. The van der Waals surface area contributed by atoms with Crippen molar-refractivity contribution < 1.29 is 17.9 Å². The molecule has 28 heavy (non-hydrogen) atoms. The molecule has 3 rings (SSSR count). The fraction of sp³-hybridized carbons (Fsp3) is 0.450. The number of aromatic nitrogens is 1. The lowest BCUT2D eigenvalue weighted by Crippen LogP contribution is -2.28. The zero-order chi connectivity index (χ0) is 20.3. The standard InChI is InChI=1S/C20H26N2O5S/c1-4-28(24,25)21-16-7-8-19(27-17-6-5-9-26-13-17)18(11-16)15-10-14(2)20(23)22(3)12-15/h7-8,10-12,17,21H,4-6,9,13H2,1-3H3. The summed E-state index contributed by atoms with van der Waals surface area (Å²) in [6.07, 6.45) is 3.51. The highest BCUT2D eigenvalue weighted by atomic mass is 32.2. The maximum absolute atomic E-state index is 12.1. The van der Waals surface area contributed by atoms with Crippen molar-refractivity contribution in [2.45, 2.75) is 32.8 Å². The normalized spacial score (nSPS) is 17.3. The van der Waals surface area contributed by atoms with Gasteiger partial charge < -0.3 is 14.0 Å². The van der Waals surface area contributed by atoms with Crippen molar-refractivity contribution in [3.63, 3.8) is 0 Å². The largest absolute Gasteiger partial charge is 0.487 e. The lowest BCUT2D eigenvalue weighted by molar-refractivity contribution is 0.00768. The van der Waals surface area contributed by atoms with Crippen LogP contribution in [0.5, 0.6) is 5.75 Å². The van der Waals surface area contributed by atoms with E-state index in [2.05, 4.69) is 4.72 Å². The second kappa shape index (κ2) is 8.36. The highest BCUT2D eigenvalue weighted by Gasteiger charge is 2.19. The molecule has 2 aromatic rings. The van der Waals surface area contributed by atoms with Gasteiger partial charge >= 0.3 is 0 Å². The number of rotatable bonds is 6. The van der Waals surface area contributed by atoms with Gasteiger partial charge in [-0.25, -0.2) is 8.42 Å². The average Bonchev–Trinajstić information content (AvgIpc) is 2.67. The van der Waals surface area contributed by atoms with Crippen LogP contribution in [-0.4, -0.2) is 38.1 Å². The molecule has 1 aliphatic heterocycles. The van der Waals surface area contributed by atoms with Crippen molar-refractivity contribution in [2.75, 3.05) is 23.7 Å². The molecule has 1 aliphatic rings. The minimum absolute atomic E-state index is 0.0149. The number of anilines is 1. The lowest BCUT2D eigenvalue weighted by Gasteiger charge is -2.25. The summed E-state index contributed by atoms with van der Waals surface area (Å²) in [6.45, 7) is 4.60. The summed E-state index contributed by atoms with van der Waals surface area (Å²) in [5, 5.41) is 0. The van der Waals surface area contributed by atoms with E-state index in [9.17, 15) is 13.2 Å². The first-order valence-corrected chi connectivity index (χ1v) is 11.0. The van der Waals surface area contributed by atoms with E-state index in [-0.39, 0.29) is 17.4 Å². The summed E-state index contributed by atoms with van der Waals surface area (Å²) in [4.78, 5) is 12.1. The average molecular weight is 407 g/mol. The number of hydrogen-bond donors (Lipinski definition) is 1. The molecule has 1 unspecified atom stereocenters. The second-order valence-corrected chi connectivity index (χ2v) is 9.01. The van der Waals surface area contributed by atoms with Crippen LogP contribution in [0.4, 0.5) is 5.69 Å². The van der Waals surface area contributed by atoms with Gasteiger partial charge in [-0.1, -0.05) is 0 Å². The molecular formula is C20H26N2O5S. The summed E-state index contributed by atoms with van der Waals surface area (Å²) in [5.74, 6) is 0.617. The van der Waals surface area contributed by atoms with E-state index in [0.29, 0.717) is 23.6 Å². The molecule has 1 N–H and O–H groups in total. The van der Waals surface area contributed by atoms with E-state index in [4.69, 9.17) is 9.47 Å². The molecule has 0 aliphatic carbocycles. The predicted octanol–water partition coefficient (Wildman–Crippen LogP) is 2.68. The van der Waals surface area contributed by atoms with E-state index in [1.807, 2.05) is 0 Å². The molecule has 1 aromatic carbocycles. The quantitative estimate of drug-likeness (QED) is 0.797. The van der Waals surface area contributed by atoms with Gasteiger partial charge in [0, 0.05) is 42.2 Å². The van der Waals surface area contributed by atoms with Crippen LogP contribution in [0.1, 0.15) is 25.3 Å². The third-order valence-electron chi connectivity index (χ3n) is 4.72. The number of sulfonamides is 1. The highest BCUT2D eigenvalue weighted by molar-refractivity contribution is 7.92. The summed E-state index contributed by atoms with van der Waals surface area (Å²) in [7, 11) is -1.71. The maximum atomic E-state index is 12.1. The summed E-state index contributed by atoms with van der Waals surface area (Å²) in [6, 6.07) is 6.98. The van der Waals surface area contributed by atoms with Gasteiger partial charge in [-0.05, 0) is 51.0 Å². The Morgan fingerprint density at radius 3 is 2.75 bits per heavy atom. The van der Waals surface area contributed by atoms with Crippen molar-refractivity contribution in [2.24, 2.45) is 7.05 Å². The highest BCUT2D eigenvalue weighted by Crippen LogP contribution is 2.34. The van der Waals surface area contributed by atoms with Crippen molar-refractivity contribution >= 4 is 15.7 Å². The smallest absolute Gasteiger partial charge is 0.253 e. The molecule has 0 radical (unpaired) electrons. The predicted molar refractivity (Wildman–Crippen MR) is 109 cm³/mol. The summed E-state index contributed by atoms with van der Waals surface area (Å²) >= 11 is 0. The van der Waals surface area contributed by atoms with Gasteiger partial charge in [0.05, 0.1) is 12.4 Å². The lowest BCUT2D eigenvalue weighted by atomic mass is 10.0. The van der Waals surface area contributed by atoms with Crippen LogP contribution in [-0.2, 0) is 21.8 Å². The van der Waals surface area contributed by atoms with Crippen LogP contribution in [0.25, 0.3) is 11.1 Å². The number of ether oxygens (including phenoxy) is 2. The molecule has 1 saturated heterocycles. The Morgan fingerprint density at radius 2 is 2.11 bits per heavy atom. The van der Waals surface area contributed by atoms with Gasteiger partial charge in [0.2, 0.25) is 10.0 Å². The van der Waals surface area contributed by atoms with Gasteiger partial charge in [0.1, 0.15) is 11.9 Å². The zero-order valence-corrected chi connectivity index (χ0v) is 17.2. The number of nitrogens with zero attached hydrogens (tertiary/aromatic N) is 1. The molecule has 1 aromatic heterocycles. The third kappa shape index (κ3) is 4.74. The van der Waals surface area contributed by atoms with E-state index in [1.54, 1.807) is 51.4 Å². The fourth-order valence-electron chi connectivity index (χ4n) is 3.18.